The average molecular weight is 288 g/mol. The van der Waals surface area contributed by atoms with Crippen molar-refractivity contribution in [2.75, 3.05) is 0 Å². The highest BCUT2D eigenvalue weighted by atomic mass is 79.9. The second-order valence-corrected chi connectivity index (χ2v) is 7.00. The molecule has 1 unspecified atom stereocenters. The second kappa shape index (κ2) is 3.77. The number of hydrogen-bond acceptors (Lipinski definition) is 2. The molecule has 82 valence electrons. The minimum Gasteiger partial charge on any atom is -0.593 e. The molecule has 1 heterocycles. The Morgan fingerprint density at radius 2 is 2.07 bits per heavy atom. The summed E-state index contributed by atoms with van der Waals surface area (Å²) < 4.78 is 15.2. The lowest BCUT2D eigenvalue weighted by molar-refractivity contribution is 0.252. The van der Waals surface area contributed by atoms with E-state index in [1.54, 1.807) is 0 Å². The van der Waals surface area contributed by atoms with Crippen LogP contribution in [0.5, 0.6) is 0 Å². The lowest BCUT2D eigenvalue weighted by Gasteiger charge is -2.29. The Hall–Kier alpha value is -0.0300. The first-order valence-electron chi connectivity index (χ1n) is 4.87. The summed E-state index contributed by atoms with van der Waals surface area (Å²) in [5.74, 6) is 0. The van der Waals surface area contributed by atoms with Crippen molar-refractivity contribution in [3.8, 4) is 0 Å². The molecular formula is C11H14BrNOS. The molecule has 2 nitrogen and oxygen atoms in total. The third kappa shape index (κ3) is 2.09. The van der Waals surface area contributed by atoms with Crippen LogP contribution in [-0.4, -0.2) is 14.4 Å². The molecular weight excluding hydrogens is 274 g/mol. The zero-order chi connectivity index (χ0) is 11.2. The summed E-state index contributed by atoms with van der Waals surface area (Å²) in [6.07, 6.45) is 0. The van der Waals surface area contributed by atoms with E-state index in [1.165, 1.54) is 0 Å². The molecule has 4 heteroatoms. The van der Waals surface area contributed by atoms with Crippen LogP contribution in [0.15, 0.2) is 27.6 Å². The molecule has 0 N–H and O–H groups in total. The second-order valence-electron chi connectivity index (χ2n) is 4.71. The van der Waals surface area contributed by atoms with E-state index in [4.69, 9.17) is 0 Å². The minimum absolute atomic E-state index is 0.0592. The quantitative estimate of drug-likeness (QED) is 0.686. The van der Waals surface area contributed by atoms with Crippen LogP contribution in [0, 0.1) is 0 Å². The topological polar surface area (TPSA) is 26.3 Å². The van der Waals surface area contributed by atoms with Gasteiger partial charge in [0.1, 0.15) is 0 Å². The van der Waals surface area contributed by atoms with Crippen molar-refractivity contribution in [2.45, 2.75) is 37.8 Å². The van der Waals surface area contributed by atoms with Gasteiger partial charge in [0.25, 0.3) is 0 Å². The monoisotopic (exact) mass is 287 g/mol. The minimum atomic E-state index is -1.00. The average Bonchev–Trinajstić information content (AvgIpc) is 2.42. The van der Waals surface area contributed by atoms with Crippen LogP contribution in [0.1, 0.15) is 26.3 Å². The summed E-state index contributed by atoms with van der Waals surface area (Å²) in [5, 5.41) is 0. The van der Waals surface area contributed by atoms with Crippen LogP contribution < -0.4 is 0 Å². The highest BCUT2D eigenvalue weighted by molar-refractivity contribution is 9.10. The first-order valence-corrected chi connectivity index (χ1v) is 6.77. The van der Waals surface area contributed by atoms with E-state index < -0.39 is 11.4 Å². The van der Waals surface area contributed by atoms with E-state index in [-0.39, 0.29) is 5.54 Å². The maximum atomic E-state index is 12.2. The number of benzene rings is 1. The largest absolute Gasteiger partial charge is 0.593 e. The predicted molar refractivity (Wildman–Crippen MR) is 65.8 cm³/mol. The molecule has 2 rings (SSSR count). The molecule has 0 amide bonds. The standard InChI is InChI=1S/C11H14BrNOS/c1-11(2,3)13-7-8-6-9(12)4-5-10(8)15(13)14/h4-6H,7H2,1-3H3. The molecule has 1 aromatic carbocycles. The van der Waals surface area contributed by atoms with Crippen molar-refractivity contribution in [2.24, 2.45) is 0 Å². The number of rotatable bonds is 0. The van der Waals surface area contributed by atoms with Gasteiger partial charge in [-0.15, -0.1) is 4.31 Å². The van der Waals surface area contributed by atoms with Crippen LogP contribution in [-0.2, 0) is 17.9 Å². The SMILES string of the molecule is CC(C)(C)N1Cc2cc(Br)ccc2[S+]1[O-]. The van der Waals surface area contributed by atoms with Crippen molar-refractivity contribution in [1.29, 1.82) is 0 Å². The molecule has 0 radical (unpaired) electrons. The van der Waals surface area contributed by atoms with E-state index in [2.05, 4.69) is 42.8 Å². The van der Waals surface area contributed by atoms with Crippen molar-refractivity contribution in [3.05, 3.63) is 28.2 Å². The summed E-state index contributed by atoms with van der Waals surface area (Å²) in [6.45, 7) is 7.04. The predicted octanol–water partition coefficient (Wildman–Crippen LogP) is 3.09. The molecule has 15 heavy (non-hydrogen) atoms. The summed E-state index contributed by atoms with van der Waals surface area (Å²) in [7, 11) is 0. The summed E-state index contributed by atoms with van der Waals surface area (Å²) in [4.78, 5) is 0.952. The Kier molecular flexibility index (Phi) is 2.88. The number of fused-ring (bicyclic) bond motifs is 1. The molecule has 0 spiro atoms. The highest BCUT2D eigenvalue weighted by Crippen LogP contribution is 2.36. The van der Waals surface area contributed by atoms with Crippen LogP contribution in [0.3, 0.4) is 0 Å². The summed E-state index contributed by atoms with van der Waals surface area (Å²) in [5.41, 5.74) is 1.11. The van der Waals surface area contributed by atoms with Gasteiger partial charge in [-0.25, -0.2) is 0 Å². The van der Waals surface area contributed by atoms with Gasteiger partial charge in [0.2, 0.25) is 0 Å². The van der Waals surface area contributed by atoms with Crippen molar-refractivity contribution in [1.82, 2.24) is 4.31 Å². The van der Waals surface area contributed by atoms with Crippen molar-refractivity contribution in [3.63, 3.8) is 0 Å². The third-order valence-electron chi connectivity index (χ3n) is 2.47. The maximum Gasteiger partial charge on any atom is 0.178 e. The molecule has 0 fully saturated rings. The van der Waals surface area contributed by atoms with E-state index in [0.717, 1.165) is 21.5 Å². The molecule has 1 atom stereocenters. The van der Waals surface area contributed by atoms with Gasteiger partial charge >= 0.3 is 0 Å². The Bertz CT molecular complexity index is 389. The molecule has 0 saturated carbocycles. The van der Waals surface area contributed by atoms with Crippen LogP contribution in [0.2, 0.25) is 0 Å². The molecule has 0 aromatic heterocycles. The van der Waals surface area contributed by atoms with Gasteiger partial charge in [0, 0.05) is 10.0 Å². The van der Waals surface area contributed by atoms with Crippen LogP contribution in [0.25, 0.3) is 0 Å². The van der Waals surface area contributed by atoms with Crippen molar-refractivity contribution >= 4 is 27.3 Å². The van der Waals surface area contributed by atoms with Gasteiger partial charge in [-0.05, 0) is 39.0 Å². The molecule has 1 aromatic rings. The Morgan fingerprint density at radius 3 is 2.67 bits per heavy atom. The Labute approximate surface area is 102 Å². The first kappa shape index (κ1) is 11.5. The fourth-order valence-electron chi connectivity index (χ4n) is 1.66. The van der Waals surface area contributed by atoms with E-state index >= 15 is 0 Å². The number of halogens is 1. The third-order valence-corrected chi connectivity index (χ3v) is 4.82. The zero-order valence-corrected chi connectivity index (χ0v) is 11.5. The Morgan fingerprint density at radius 1 is 1.40 bits per heavy atom. The zero-order valence-electron chi connectivity index (χ0n) is 9.08. The lowest BCUT2D eigenvalue weighted by Crippen LogP contribution is -2.41. The lowest BCUT2D eigenvalue weighted by atomic mass is 10.1. The maximum absolute atomic E-state index is 12.2. The number of nitrogens with zero attached hydrogens (tertiary/aromatic N) is 1. The van der Waals surface area contributed by atoms with E-state index in [9.17, 15) is 4.55 Å². The number of hydrogen-bond donors (Lipinski definition) is 0. The van der Waals surface area contributed by atoms with E-state index in [0.29, 0.717) is 0 Å². The fourth-order valence-corrected chi connectivity index (χ4v) is 3.59. The molecule has 1 aliphatic rings. The van der Waals surface area contributed by atoms with E-state index in [1.807, 2.05) is 16.4 Å². The van der Waals surface area contributed by atoms with Gasteiger partial charge in [-0.1, -0.05) is 15.9 Å². The molecule has 0 bridgehead atoms. The van der Waals surface area contributed by atoms with Gasteiger partial charge in [0.15, 0.2) is 4.90 Å². The van der Waals surface area contributed by atoms with Crippen LogP contribution >= 0.6 is 15.9 Å². The fraction of sp³-hybridized carbons (Fsp3) is 0.455. The van der Waals surface area contributed by atoms with Gasteiger partial charge in [0.05, 0.1) is 23.4 Å². The summed E-state index contributed by atoms with van der Waals surface area (Å²) in [6, 6.07) is 5.95. The first-order chi connectivity index (χ1) is 6.89. The Balaban J connectivity index is 2.37. The highest BCUT2D eigenvalue weighted by Gasteiger charge is 2.40. The molecule has 0 aliphatic carbocycles. The molecule has 1 aliphatic heterocycles. The van der Waals surface area contributed by atoms with Crippen molar-refractivity contribution < 1.29 is 4.55 Å². The normalized spacial score (nSPS) is 21.8. The smallest absolute Gasteiger partial charge is 0.178 e. The van der Waals surface area contributed by atoms with Crippen LogP contribution in [0.4, 0.5) is 0 Å². The van der Waals surface area contributed by atoms with Gasteiger partial charge in [-0.2, -0.15) is 0 Å². The summed E-state index contributed by atoms with van der Waals surface area (Å²) >= 11 is 2.44. The molecule has 0 saturated heterocycles. The van der Waals surface area contributed by atoms with Gasteiger partial charge < -0.3 is 4.55 Å². The van der Waals surface area contributed by atoms with Gasteiger partial charge in [-0.3, -0.25) is 0 Å².